The number of nitrogens with one attached hydrogen (secondary N) is 2. The summed E-state index contributed by atoms with van der Waals surface area (Å²) in [5.41, 5.74) is 1.61. The van der Waals surface area contributed by atoms with Crippen molar-refractivity contribution < 1.29 is 19.1 Å². The van der Waals surface area contributed by atoms with Gasteiger partial charge in [0.25, 0.3) is 0 Å². The molecule has 1 spiro atoms. The predicted octanol–water partition coefficient (Wildman–Crippen LogP) is 2.25. The molecule has 0 saturated carbocycles. The Kier molecular flexibility index (Phi) is 4.63. The van der Waals surface area contributed by atoms with Gasteiger partial charge in [0.05, 0.1) is 24.5 Å². The Bertz CT molecular complexity index is 1070. The van der Waals surface area contributed by atoms with Gasteiger partial charge in [-0.05, 0) is 29.8 Å². The van der Waals surface area contributed by atoms with E-state index in [4.69, 9.17) is 4.74 Å². The van der Waals surface area contributed by atoms with Crippen LogP contribution >= 0.6 is 0 Å². The molecular formula is C24H23N3O4. The molecule has 0 radical (unpaired) electrons. The van der Waals surface area contributed by atoms with E-state index in [0.29, 0.717) is 24.5 Å². The minimum atomic E-state index is -0.771. The summed E-state index contributed by atoms with van der Waals surface area (Å²) >= 11 is 0. The number of fused-ring (bicyclic) bond motifs is 1. The van der Waals surface area contributed by atoms with E-state index >= 15 is 0 Å². The second-order valence-electron chi connectivity index (χ2n) is 8.26. The molecule has 0 aliphatic carbocycles. The Morgan fingerprint density at radius 2 is 1.87 bits per heavy atom. The Balaban J connectivity index is 1.34. The van der Waals surface area contributed by atoms with Crippen molar-refractivity contribution in [3.63, 3.8) is 0 Å². The normalized spacial score (nSPS) is 28.0. The summed E-state index contributed by atoms with van der Waals surface area (Å²) in [6.45, 7) is 2.22. The number of ether oxygens (including phenoxy) is 1. The summed E-state index contributed by atoms with van der Waals surface area (Å²) in [5.74, 6) is -1.53. The summed E-state index contributed by atoms with van der Waals surface area (Å²) in [6.07, 6.45) is 3.46. The first-order valence-electron chi connectivity index (χ1n) is 10.3. The highest BCUT2D eigenvalue weighted by molar-refractivity contribution is 6.03. The van der Waals surface area contributed by atoms with Crippen molar-refractivity contribution in [2.75, 3.05) is 16.8 Å². The number of carbonyl (C=O) groups is 3. The smallest absolute Gasteiger partial charge is 0.234 e. The van der Waals surface area contributed by atoms with Crippen LogP contribution < -0.4 is 15.5 Å². The van der Waals surface area contributed by atoms with Crippen molar-refractivity contribution in [3.8, 4) is 0 Å². The van der Waals surface area contributed by atoms with E-state index in [0.717, 1.165) is 5.56 Å². The molecule has 2 N–H and O–H groups in total. The first-order valence-corrected chi connectivity index (χ1v) is 10.3. The molecule has 7 nitrogen and oxygen atoms in total. The van der Waals surface area contributed by atoms with Crippen LogP contribution in [0.2, 0.25) is 0 Å². The average Bonchev–Trinajstić information content (AvgIpc) is 3.41. The first-order chi connectivity index (χ1) is 15.0. The number of carbonyl (C=O) groups excluding carboxylic acids is 3. The highest BCUT2D eigenvalue weighted by Gasteiger charge is 2.67. The molecule has 3 aliphatic rings. The fourth-order valence-corrected chi connectivity index (χ4v) is 4.85. The molecule has 2 aromatic carbocycles. The van der Waals surface area contributed by atoms with E-state index in [1.54, 1.807) is 29.2 Å². The Labute approximate surface area is 180 Å². The molecule has 2 bridgehead atoms. The third-order valence-electron chi connectivity index (χ3n) is 6.21. The van der Waals surface area contributed by atoms with Gasteiger partial charge < -0.3 is 20.3 Å². The van der Waals surface area contributed by atoms with E-state index < -0.39 is 17.4 Å². The fraction of sp³-hybridized carbons (Fsp3) is 0.292. The van der Waals surface area contributed by atoms with Gasteiger partial charge in [0, 0.05) is 24.8 Å². The Hall–Kier alpha value is -3.45. The van der Waals surface area contributed by atoms with Crippen LogP contribution in [0, 0.1) is 11.8 Å². The van der Waals surface area contributed by atoms with Crippen LogP contribution in [0.25, 0.3) is 0 Å². The van der Waals surface area contributed by atoms with Gasteiger partial charge in [0.1, 0.15) is 5.60 Å². The van der Waals surface area contributed by atoms with E-state index in [2.05, 4.69) is 10.6 Å². The SMILES string of the molecule is CC(=O)Nc1ccc(N2C[C@@]34C=C[C@H](O3)[C@@H](C(=O)NCc3ccccc3)[C@@H]4C2=O)cc1. The van der Waals surface area contributed by atoms with Crippen molar-refractivity contribution in [3.05, 3.63) is 72.3 Å². The molecule has 2 saturated heterocycles. The molecule has 2 fully saturated rings. The number of rotatable bonds is 5. The van der Waals surface area contributed by atoms with E-state index in [1.165, 1.54) is 6.92 Å². The van der Waals surface area contributed by atoms with Gasteiger partial charge >= 0.3 is 0 Å². The summed E-state index contributed by atoms with van der Waals surface area (Å²) in [7, 11) is 0. The first kappa shape index (κ1) is 19.5. The van der Waals surface area contributed by atoms with Crippen LogP contribution in [-0.2, 0) is 25.7 Å². The molecule has 7 heteroatoms. The number of amides is 3. The van der Waals surface area contributed by atoms with Crippen molar-refractivity contribution in [1.82, 2.24) is 5.32 Å². The molecule has 31 heavy (non-hydrogen) atoms. The molecule has 0 aromatic heterocycles. The second-order valence-corrected chi connectivity index (χ2v) is 8.26. The zero-order valence-electron chi connectivity index (χ0n) is 17.1. The quantitative estimate of drug-likeness (QED) is 0.731. The molecular weight excluding hydrogens is 394 g/mol. The molecule has 3 amide bonds. The summed E-state index contributed by atoms with van der Waals surface area (Å²) < 4.78 is 6.18. The lowest BCUT2D eigenvalue weighted by molar-refractivity contribution is -0.132. The van der Waals surface area contributed by atoms with Crippen molar-refractivity contribution in [1.29, 1.82) is 0 Å². The number of benzene rings is 2. The van der Waals surface area contributed by atoms with Gasteiger partial charge in [-0.15, -0.1) is 0 Å². The third kappa shape index (κ3) is 3.31. The van der Waals surface area contributed by atoms with Crippen LogP contribution in [0.15, 0.2) is 66.7 Å². The average molecular weight is 417 g/mol. The van der Waals surface area contributed by atoms with Crippen LogP contribution in [0.3, 0.4) is 0 Å². The summed E-state index contributed by atoms with van der Waals surface area (Å²) in [4.78, 5) is 39.3. The Morgan fingerprint density at radius 3 is 2.58 bits per heavy atom. The third-order valence-corrected chi connectivity index (χ3v) is 6.21. The molecule has 3 aliphatic heterocycles. The molecule has 5 rings (SSSR count). The monoisotopic (exact) mass is 417 g/mol. The fourth-order valence-electron chi connectivity index (χ4n) is 4.85. The maximum atomic E-state index is 13.4. The standard InChI is InChI=1S/C24H23N3O4/c1-15(28)26-17-7-9-18(10-8-17)27-14-24-12-11-19(31-24)20(21(24)23(27)30)22(29)25-13-16-5-3-2-4-6-16/h2-12,19-21H,13-14H2,1H3,(H,25,29)(H,26,28)/t19-,20+,21+,24+/m0/s1. The van der Waals surface area contributed by atoms with Crippen LogP contribution in [0.4, 0.5) is 11.4 Å². The van der Waals surface area contributed by atoms with Gasteiger partial charge in [0.2, 0.25) is 17.7 Å². The van der Waals surface area contributed by atoms with E-state index in [-0.39, 0.29) is 23.8 Å². The topological polar surface area (TPSA) is 87.7 Å². The van der Waals surface area contributed by atoms with Gasteiger partial charge in [-0.1, -0.05) is 42.5 Å². The predicted molar refractivity (Wildman–Crippen MR) is 115 cm³/mol. The van der Waals surface area contributed by atoms with Crippen molar-refractivity contribution in [2.24, 2.45) is 11.8 Å². The minimum Gasteiger partial charge on any atom is -0.360 e. The minimum absolute atomic E-state index is 0.112. The molecule has 0 unspecified atom stereocenters. The number of nitrogens with zero attached hydrogens (tertiary/aromatic N) is 1. The molecule has 3 heterocycles. The highest BCUT2D eigenvalue weighted by Crippen LogP contribution is 2.52. The number of hydrogen-bond acceptors (Lipinski definition) is 4. The largest absolute Gasteiger partial charge is 0.360 e. The Morgan fingerprint density at radius 1 is 1.13 bits per heavy atom. The second kappa shape index (κ2) is 7.35. The van der Waals surface area contributed by atoms with Gasteiger partial charge in [-0.2, -0.15) is 0 Å². The van der Waals surface area contributed by atoms with Crippen LogP contribution in [0.5, 0.6) is 0 Å². The number of anilines is 2. The lowest BCUT2D eigenvalue weighted by atomic mass is 9.77. The lowest BCUT2D eigenvalue weighted by Crippen LogP contribution is -2.43. The van der Waals surface area contributed by atoms with Crippen molar-refractivity contribution >= 4 is 29.1 Å². The van der Waals surface area contributed by atoms with Crippen LogP contribution in [-0.4, -0.2) is 36.0 Å². The zero-order chi connectivity index (χ0) is 21.6. The zero-order valence-corrected chi connectivity index (χ0v) is 17.1. The molecule has 158 valence electrons. The summed E-state index contributed by atoms with van der Waals surface area (Å²) in [6, 6.07) is 16.8. The van der Waals surface area contributed by atoms with E-state index in [1.807, 2.05) is 42.5 Å². The van der Waals surface area contributed by atoms with Crippen LogP contribution in [0.1, 0.15) is 12.5 Å². The molecule has 4 atom stereocenters. The van der Waals surface area contributed by atoms with Gasteiger partial charge in [-0.25, -0.2) is 0 Å². The maximum Gasteiger partial charge on any atom is 0.234 e. The highest BCUT2D eigenvalue weighted by atomic mass is 16.5. The van der Waals surface area contributed by atoms with Gasteiger partial charge in [0.15, 0.2) is 0 Å². The van der Waals surface area contributed by atoms with Gasteiger partial charge in [-0.3, -0.25) is 14.4 Å². The maximum absolute atomic E-state index is 13.4. The number of hydrogen-bond donors (Lipinski definition) is 2. The van der Waals surface area contributed by atoms with E-state index in [9.17, 15) is 14.4 Å². The van der Waals surface area contributed by atoms with Crippen molar-refractivity contribution in [2.45, 2.75) is 25.2 Å². The lowest BCUT2D eigenvalue weighted by Gasteiger charge is -2.23. The summed E-state index contributed by atoms with van der Waals surface area (Å²) in [5, 5.41) is 5.69. The molecule has 2 aromatic rings.